The lowest BCUT2D eigenvalue weighted by atomic mass is 10.3. The van der Waals surface area contributed by atoms with E-state index in [0.717, 1.165) is 25.8 Å². The molecule has 0 saturated heterocycles. The Morgan fingerprint density at radius 2 is 1.67 bits per heavy atom. The lowest BCUT2D eigenvalue weighted by Crippen LogP contribution is -2.49. The summed E-state index contributed by atoms with van der Waals surface area (Å²) in [6, 6.07) is 0. The second-order valence-electron chi connectivity index (χ2n) is 3.37. The number of unbranched alkanes of at least 4 members (excludes halogenated alkanes) is 4. The molecule has 0 aliphatic rings. The van der Waals surface area contributed by atoms with Crippen molar-refractivity contribution in [3.8, 4) is 0 Å². The maximum absolute atomic E-state index is 9.63. The predicted molar refractivity (Wildman–Crippen MR) is 58.2 cm³/mol. The molecule has 0 atom stereocenters. The van der Waals surface area contributed by atoms with Crippen molar-refractivity contribution >= 4 is 6.16 Å². The summed E-state index contributed by atoms with van der Waals surface area (Å²) in [5, 5.41) is 9.63. The molecule has 92 valence electrons. The molecule has 4 heteroatoms. The summed E-state index contributed by atoms with van der Waals surface area (Å²) in [6.07, 6.45) is 5.41. The smallest absolute Gasteiger partial charge is 0.251 e. The Balaban J connectivity index is 0. The second kappa shape index (κ2) is 15.7. The highest BCUT2D eigenvalue weighted by Crippen LogP contribution is 1.93. The Labute approximate surface area is 92.8 Å². The third kappa shape index (κ3) is 24.6. The van der Waals surface area contributed by atoms with Crippen molar-refractivity contribution in [1.82, 2.24) is 0 Å². The Morgan fingerprint density at radius 1 is 1.13 bits per heavy atom. The number of hydrogen-bond acceptors (Lipinski definition) is 3. The van der Waals surface area contributed by atoms with Gasteiger partial charge in [0.15, 0.2) is 0 Å². The van der Waals surface area contributed by atoms with Gasteiger partial charge in [0.25, 0.3) is 6.16 Å². The van der Waals surface area contributed by atoms with Crippen molar-refractivity contribution in [3.63, 3.8) is 0 Å². The number of rotatable bonds is 7. The van der Waals surface area contributed by atoms with Crippen molar-refractivity contribution in [1.29, 1.82) is 0 Å². The molecule has 0 radical (unpaired) electrons. The summed E-state index contributed by atoms with van der Waals surface area (Å²) in [5.74, 6) is 0. The van der Waals surface area contributed by atoms with Gasteiger partial charge in [-0.1, -0.05) is 33.1 Å². The van der Waals surface area contributed by atoms with E-state index in [1.165, 1.54) is 19.3 Å². The SMILES string of the molecule is CCCCCOC(=O)[O-].CCCCC[NH3+]. The van der Waals surface area contributed by atoms with E-state index in [0.29, 0.717) is 0 Å². The van der Waals surface area contributed by atoms with Crippen LogP contribution in [0.1, 0.15) is 52.4 Å². The Bertz CT molecular complexity index is 125. The summed E-state index contributed by atoms with van der Waals surface area (Å²) in [6.45, 7) is 5.62. The van der Waals surface area contributed by atoms with Crippen LogP contribution in [0.15, 0.2) is 0 Å². The first-order chi connectivity index (χ1) is 7.18. The minimum absolute atomic E-state index is 0.274. The lowest BCUT2D eigenvalue weighted by Gasteiger charge is -2.05. The summed E-state index contributed by atoms with van der Waals surface area (Å²) in [4.78, 5) is 9.63. The largest absolute Gasteiger partial charge is 0.550 e. The van der Waals surface area contributed by atoms with E-state index in [2.05, 4.69) is 17.4 Å². The lowest BCUT2D eigenvalue weighted by molar-refractivity contribution is -0.368. The van der Waals surface area contributed by atoms with E-state index < -0.39 is 6.16 Å². The average molecular weight is 219 g/mol. The molecule has 0 saturated carbocycles. The van der Waals surface area contributed by atoms with Crippen LogP contribution in [0.25, 0.3) is 0 Å². The number of carbonyl (C=O) groups excluding carboxylic acids is 1. The number of carboxylic acid groups (broad SMARTS) is 1. The normalized spacial score (nSPS) is 9.00. The van der Waals surface area contributed by atoms with E-state index in [9.17, 15) is 9.90 Å². The maximum atomic E-state index is 9.63. The van der Waals surface area contributed by atoms with Crippen LogP contribution in [-0.4, -0.2) is 19.3 Å². The molecule has 0 aromatic carbocycles. The summed E-state index contributed by atoms with van der Waals surface area (Å²) in [7, 11) is 0. The van der Waals surface area contributed by atoms with Crippen molar-refractivity contribution < 1.29 is 20.4 Å². The number of ether oxygens (including phenoxy) is 1. The van der Waals surface area contributed by atoms with E-state index in [-0.39, 0.29) is 6.61 Å². The second-order valence-corrected chi connectivity index (χ2v) is 3.37. The van der Waals surface area contributed by atoms with Gasteiger partial charge in [0, 0.05) is 6.61 Å². The fourth-order valence-corrected chi connectivity index (χ4v) is 0.934. The topological polar surface area (TPSA) is 77.0 Å². The molecule has 4 nitrogen and oxygen atoms in total. The predicted octanol–water partition coefficient (Wildman–Crippen LogP) is 0.955. The monoisotopic (exact) mass is 219 g/mol. The van der Waals surface area contributed by atoms with Gasteiger partial charge in [-0.15, -0.1) is 0 Å². The van der Waals surface area contributed by atoms with Gasteiger partial charge in [-0.05, 0) is 19.3 Å². The third-order valence-electron chi connectivity index (χ3n) is 1.82. The average Bonchev–Trinajstić information content (AvgIpc) is 2.22. The molecular weight excluding hydrogens is 194 g/mol. The standard InChI is InChI=1S/C6H12O3.C5H13N/c1-2-3-4-5-9-6(7)8;1-2-3-4-5-6/h2-5H2,1H3,(H,7,8);2-6H2,1H3. The molecule has 0 aliphatic heterocycles. The first kappa shape index (κ1) is 16.7. The van der Waals surface area contributed by atoms with Crippen molar-refractivity contribution in [3.05, 3.63) is 0 Å². The quantitative estimate of drug-likeness (QED) is 0.511. The zero-order chi connectivity index (χ0) is 11.9. The third-order valence-corrected chi connectivity index (χ3v) is 1.82. The van der Waals surface area contributed by atoms with Gasteiger partial charge in [-0.3, -0.25) is 0 Å². The van der Waals surface area contributed by atoms with Gasteiger partial charge in [-0.2, -0.15) is 0 Å². The van der Waals surface area contributed by atoms with E-state index >= 15 is 0 Å². The van der Waals surface area contributed by atoms with Gasteiger partial charge in [0.1, 0.15) is 0 Å². The fourth-order valence-electron chi connectivity index (χ4n) is 0.934. The number of quaternary nitrogens is 1. The zero-order valence-electron chi connectivity index (χ0n) is 10.1. The van der Waals surface area contributed by atoms with E-state index in [1.54, 1.807) is 0 Å². The van der Waals surface area contributed by atoms with Crippen LogP contribution < -0.4 is 10.8 Å². The van der Waals surface area contributed by atoms with Crippen LogP contribution in [0.5, 0.6) is 0 Å². The highest BCUT2D eigenvalue weighted by atomic mass is 16.7. The molecule has 0 aliphatic carbocycles. The minimum Gasteiger partial charge on any atom is -0.550 e. The van der Waals surface area contributed by atoms with Crippen LogP contribution in [0.2, 0.25) is 0 Å². The van der Waals surface area contributed by atoms with Gasteiger partial charge in [-0.25, -0.2) is 0 Å². The first-order valence-corrected chi connectivity index (χ1v) is 5.82. The van der Waals surface area contributed by atoms with Gasteiger partial charge < -0.3 is 20.4 Å². The van der Waals surface area contributed by atoms with Gasteiger partial charge in [0.2, 0.25) is 0 Å². The number of hydrogen-bond donors (Lipinski definition) is 1. The molecule has 0 aromatic heterocycles. The molecular formula is C11H25NO3. The Hall–Kier alpha value is -0.770. The van der Waals surface area contributed by atoms with Gasteiger partial charge >= 0.3 is 0 Å². The van der Waals surface area contributed by atoms with Crippen molar-refractivity contribution in [2.75, 3.05) is 13.2 Å². The fraction of sp³-hybridized carbons (Fsp3) is 0.909. The molecule has 0 aromatic rings. The summed E-state index contributed by atoms with van der Waals surface area (Å²) >= 11 is 0. The molecule has 0 heterocycles. The highest BCUT2D eigenvalue weighted by Gasteiger charge is 1.83. The highest BCUT2D eigenvalue weighted by molar-refractivity contribution is 5.53. The van der Waals surface area contributed by atoms with Gasteiger partial charge in [0.05, 0.1) is 6.54 Å². The van der Waals surface area contributed by atoms with E-state index in [4.69, 9.17) is 0 Å². The molecule has 0 bridgehead atoms. The molecule has 15 heavy (non-hydrogen) atoms. The minimum atomic E-state index is -1.42. The Kier molecular flexibility index (Phi) is 17.4. The van der Waals surface area contributed by atoms with Crippen molar-refractivity contribution in [2.24, 2.45) is 0 Å². The molecule has 3 N–H and O–H groups in total. The molecule has 0 rings (SSSR count). The van der Waals surface area contributed by atoms with Crippen LogP contribution >= 0.6 is 0 Å². The molecule has 0 amide bonds. The maximum Gasteiger partial charge on any atom is 0.251 e. The zero-order valence-corrected chi connectivity index (χ0v) is 10.1. The van der Waals surface area contributed by atoms with Crippen LogP contribution in [0.3, 0.4) is 0 Å². The Morgan fingerprint density at radius 3 is 2.00 bits per heavy atom. The molecule has 0 unspecified atom stereocenters. The van der Waals surface area contributed by atoms with Crippen LogP contribution in [0, 0.1) is 0 Å². The molecule has 0 spiro atoms. The number of carbonyl (C=O) groups is 1. The first-order valence-electron chi connectivity index (χ1n) is 5.82. The summed E-state index contributed by atoms with van der Waals surface area (Å²) in [5.41, 5.74) is 3.72. The van der Waals surface area contributed by atoms with E-state index in [1.807, 2.05) is 6.92 Å². The summed E-state index contributed by atoms with van der Waals surface area (Å²) < 4.78 is 4.15. The van der Waals surface area contributed by atoms with Crippen molar-refractivity contribution in [2.45, 2.75) is 52.4 Å². The molecule has 0 fully saturated rings. The van der Waals surface area contributed by atoms with Crippen LogP contribution in [-0.2, 0) is 4.74 Å². The van der Waals surface area contributed by atoms with Crippen LogP contribution in [0.4, 0.5) is 4.79 Å².